The lowest BCUT2D eigenvalue weighted by atomic mass is 9.46. The van der Waals surface area contributed by atoms with Crippen LogP contribution >= 0.6 is 0 Å². The molecule has 0 bridgehead atoms. The smallest absolute Gasteiger partial charge is 0.408 e. The number of rotatable bonds is 39. The Morgan fingerprint density at radius 1 is 0.726 bits per heavy atom. The molecule has 0 radical (unpaired) electrons. The Labute approximate surface area is 619 Å². The summed E-state index contributed by atoms with van der Waals surface area (Å²) in [5.41, 5.74) is 8.25. The molecule has 4 fully saturated rings. The van der Waals surface area contributed by atoms with Crippen molar-refractivity contribution in [2.24, 2.45) is 40.2 Å². The number of benzene rings is 3. The zero-order valence-electron chi connectivity index (χ0n) is 61.6. The molecule has 2 aliphatic heterocycles. The van der Waals surface area contributed by atoms with E-state index in [2.05, 4.69) is 50.2 Å². The largest absolute Gasteiger partial charge is 0.445 e. The van der Waals surface area contributed by atoms with Crippen LogP contribution in [0.3, 0.4) is 0 Å². The maximum Gasteiger partial charge on any atom is 0.408 e. The zero-order valence-corrected chi connectivity index (χ0v) is 61.6. The number of aliphatic hydroxyl groups is 1. The van der Waals surface area contributed by atoms with E-state index in [1.807, 2.05) is 74.5 Å². The Hall–Kier alpha value is -8.74. The third kappa shape index (κ3) is 20.9. The van der Waals surface area contributed by atoms with Crippen LogP contribution < -0.4 is 47.9 Å². The topological polar surface area (TPSA) is 378 Å². The molecule has 2 heterocycles. The highest BCUT2D eigenvalue weighted by Crippen LogP contribution is 2.70. The van der Waals surface area contributed by atoms with Gasteiger partial charge in [-0.2, -0.15) is 0 Å². The molecular formula is C78H105N9O19. The molecule has 28 nitrogen and oxygen atoms in total. The number of aliphatic hydroxyl groups excluding tert-OH is 1. The van der Waals surface area contributed by atoms with Gasteiger partial charge in [-0.3, -0.25) is 38.4 Å². The van der Waals surface area contributed by atoms with Crippen LogP contribution in [0.5, 0.6) is 0 Å². The van der Waals surface area contributed by atoms with Crippen molar-refractivity contribution in [3.05, 3.63) is 119 Å². The summed E-state index contributed by atoms with van der Waals surface area (Å²) < 4.78 is 46.7. The third-order valence-electron chi connectivity index (χ3n) is 21.1. The fourth-order valence-corrected chi connectivity index (χ4v) is 15.7. The van der Waals surface area contributed by atoms with Gasteiger partial charge in [-0.15, -0.1) is 0 Å². The van der Waals surface area contributed by atoms with Crippen molar-refractivity contribution in [1.29, 1.82) is 0 Å². The second-order valence-electron chi connectivity index (χ2n) is 28.6. The van der Waals surface area contributed by atoms with E-state index in [0.717, 1.165) is 40.8 Å². The Morgan fingerprint density at radius 3 is 2.13 bits per heavy atom. The minimum absolute atomic E-state index is 0.0201. The van der Waals surface area contributed by atoms with Gasteiger partial charge in [0, 0.05) is 54.8 Å². The number of fused-ring (bicyclic) bond motifs is 9. The standard InChI is InChI=1S/C78H105N9O19/c1-7-13-68-105-64-43-59-58-26-23-55-42-57(88)29-31-76(55,5)69(58)62(89)44-77(59,6)78(64,106-68)63(90)47-103-48-82-71(94)50(4)83-75(98)104-46-51-19-24-56(25-20-51)84-72(95)60(17-12-32-81-74(79)97)85-73(96)70(49(2)3)86-66(92)30-34-99-36-38-101-40-41-102-39-37-100-35-33-80-65(91)27-28-67(93)87-45-54-16-9-8-14-52(54)21-22-53-15-10-11-18-61(53)87/h8-11,14-16,18-22,24-25,29,31,42,49-50,58-60,62,64,68-70,89H,7,12-13,17,23,26-28,30,32-41,43-48H2,1-6H3,(H,80,91)(H,82,94)(H,83,98)(H,84,95)(H,85,96)(H,86,92)(H3,79,81,97)/b22-21-/t50-,58-,59-,60-,62-,64+,68?,69+,70-,76-,77-,78+/m0/s1. The number of allylic oxidation sites excluding steroid dienone is 4. The average Bonchev–Trinajstić information content (AvgIpc) is 1.49. The molecule has 4 aliphatic carbocycles. The van der Waals surface area contributed by atoms with Crippen LogP contribution in [0.25, 0.3) is 12.2 Å². The van der Waals surface area contributed by atoms with E-state index >= 15 is 0 Å². The number of ketones is 2. The van der Waals surface area contributed by atoms with Crippen LogP contribution in [-0.4, -0.2) is 186 Å². The molecule has 1 saturated heterocycles. The summed E-state index contributed by atoms with van der Waals surface area (Å²) in [5.74, 6) is -3.56. The second-order valence-corrected chi connectivity index (χ2v) is 28.6. The summed E-state index contributed by atoms with van der Waals surface area (Å²) in [6.45, 7) is 12.8. The number of carbonyl (C=O) groups is 10. The fraction of sp³-hybridized carbons (Fsp3) is 0.564. The van der Waals surface area contributed by atoms with Crippen LogP contribution in [0, 0.1) is 34.5 Å². The summed E-state index contributed by atoms with van der Waals surface area (Å²) in [7, 11) is 0. The first-order valence-corrected chi connectivity index (χ1v) is 37.0. The van der Waals surface area contributed by atoms with Crippen LogP contribution in [-0.2, 0) is 89.4 Å². The van der Waals surface area contributed by atoms with E-state index in [0.29, 0.717) is 56.9 Å². The normalized spacial score (nSPS) is 24.3. The number of ether oxygens (including phenoxy) is 8. The maximum atomic E-state index is 14.6. The first kappa shape index (κ1) is 81.3. The van der Waals surface area contributed by atoms with Gasteiger partial charge < -0.3 is 90.9 Å². The predicted molar refractivity (Wildman–Crippen MR) is 391 cm³/mol. The van der Waals surface area contributed by atoms with Gasteiger partial charge in [0.2, 0.25) is 35.4 Å². The van der Waals surface area contributed by atoms with Gasteiger partial charge in [0.25, 0.3) is 0 Å². The lowest BCUT2D eigenvalue weighted by Crippen LogP contribution is -2.63. The highest BCUT2D eigenvalue weighted by molar-refractivity contribution is 6.02. The third-order valence-corrected chi connectivity index (χ3v) is 21.1. The molecule has 12 atom stereocenters. The lowest BCUT2D eigenvalue weighted by Gasteiger charge is -2.59. The molecule has 3 saturated carbocycles. The number of para-hydroxylation sites is 1. The van der Waals surface area contributed by atoms with E-state index in [-0.39, 0.29) is 145 Å². The van der Waals surface area contributed by atoms with Gasteiger partial charge in [0.15, 0.2) is 23.5 Å². The number of alkyl carbamates (subject to hydrolysis) is 1. The number of carbonyl (C=O) groups excluding carboxylic acids is 10. The van der Waals surface area contributed by atoms with Crippen molar-refractivity contribution in [3.8, 4) is 0 Å². The Morgan fingerprint density at radius 2 is 1.42 bits per heavy atom. The highest BCUT2D eigenvalue weighted by Gasteiger charge is 2.76. The van der Waals surface area contributed by atoms with Gasteiger partial charge in [-0.1, -0.05) is 119 Å². The van der Waals surface area contributed by atoms with Crippen molar-refractivity contribution >= 4 is 82.7 Å². The summed E-state index contributed by atoms with van der Waals surface area (Å²) >= 11 is 0. The molecule has 9 rings (SSSR count). The number of nitrogens with one attached hydrogen (secondary N) is 7. The van der Waals surface area contributed by atoms with Crippen molar-refractivity contribution in [3.63, 3.8) is 0 Å². The van der Waals surface area contributed by atoms with Crippen molar-refractivity contribution < 1.29 is 90.9 Å². The minimum Gasteiger partial charge on any atom is -0.445 e. The molecule has 3 aromatic carbocycles. The number of urea groups is 1. The molecule has 9 amide bonds. The molecule has 10 N–H and O–H groups in total. The number of Topliss-reactive ketones (excluding diaryl/α,β-unsaturated/α-hetero) is 1. The van der Waals surface area contributed by atoms with Gasteiger partial charge in [-0.25, -0.2) is 9.59 Å². The number of primary amides is 1. The van der Waals surface area contributed by atoms with E-state index in [1.54, 1.807) is 55.2 Å². The Kier molecular flexibility index (Phi) is 29.7. The summed E-state index contributed by atoms with van der Waals surface area (Å²) in [6.07, 6.45) is 10.5. The first-order valence-electron chi connectivity index (χ1n) is 37.0. The number of hydrogen-bond donors (Lipinski definition) is 9. The molecule has 106 heavy (non-hydrogen) atoms. The second kappa shape index (κ2) is 38.7. The SMILES string of the molecule is CCCC1O[C@@H]2C[C@H]3[C@@H]4CCC5=CC(=O)C=C[C@]5(C)[C@H]4[C@@H](O)C[C@]3(C)[C@]2(C(=O)COCNC(=O)[C@H](C)NC(=O)OCc2ccc(NC(=O)[C@H](CCCNC(N)=O)NC(=O)[C@@H](NC(=O)CCOCCOCCOCCOCCNC(=O)CCC(=O)N3Cc4ccccc4/C=C\c4ccccc43)C(C)C)cc2)O1. The maximum absolute atomic E-state index is 14.6. The molecule has 28 heteroatoms. The molecule has 1 unspecified atom stereocenters. The number of amides is 9. The molecule has 576 valence electrons. The van der Waals surface area contributed by atoms with Crippen LogP contribution in [0.2, 0.25) is 0 Å². The number of anilines is 2. The average molecular weight is 1470 g/mol. The van der Waals surface area contributed by atoms with Gasteiger partial charge in [0.1, 0.15) is 38.1 Å². The van der Waals surface area contributed by atoms with E-state index in [4.69, 9.17) is 43.6 Å². The monoisotopic (exact) mass is 1470 g/mol. The molecule has 3 aromatic rings. The van der Waals surface area contributed by atoms with Crippen molar-refractivity contribution in [2.45, 2.75) is 168 Å². The summed E-state index contributed by atoms with van der Waals surface area (Å²) in [5, 5.41) is 30.7. The predicted octanol–water partition coefficient (Wildman–Crippen LogP) is 6.21. The van der Waals surface area contributed by atoms with E-state index in [9.17, 15) is 53.1 Å². The number of nitrogens with two attached hydrogens (primary N) is 1. The van der Waals surface area contributed by atoms with Gasteiger partial charge >= 0.3 is 12.1 Å². The van der Waals surface area contributed by atoms with E-state index in [1.165, 1.54) is 6.92 Å². The summed E-state index contributed by atoms with van der Waals surface area (Å²) in [6, 6.07) is 18.0. The fourth-order valence-electron chi connectivity index (χ4n) is 15.7. The van der Waals surface area contributed by atoms with Crippen LogP contribution in [0.15, 0.2) is 96.6 Å². The number of hydrogen-bond acceptors (Lipinski definition) is 19. The lowest BCUT2D eigenvalue weighted by molar-refractivity contribution is -0.201. The Balaban J connectivity index is 0.618. The summed E-state index contributed by atoms with van der Waals surface area (Å²) in [4.78, 5) is 133. The zero-order chi connectivity index (χ0) is 76.0. The van der Waals surface area contributed by atoms with E-state index < -0.39 is 95.4 Å². The molecule has 6 aliphatic rings. The van der Waals surface area contributed by atoms with Crippen LogP contribution in [0.1, 0.15) is 134 Å². The van der Waals surface area contributed by atoms with Gasteiger partial charge in [0.05, 0.1) is 77.3 Å². The quantitative estimate of drug-likeness (QED) is 0.0226. The van der Waals surface area contributed by atoms with Gasteiger partial charge in [-0.05, 0) is 122 Å². The Bertz CT molecular complexity index is 3680. The molecule has 0 aromatic heterocycles. The number of nitrogens with zero attached hydrogens (tertiary/aromatic N) is 1. The van der Waals surface area contributed by atoms with Crippen molar-refractivity contribution in [1.82, 2.24) is 31.9 Å². The first-order chi connectivity index (χ1) is 50.9. The minimum atomic E-state index is -1.40. The van der Waals surface area contributed by atoms with Crippen LogP contribution in [0.4, 0.5) is 21.0 Å². The van der Waals surface area contributed by atoms with Crippen molar-refractivity contribution in [2.75, 3.05) is 89.5 Å². The molecular weight excluding hydrogens is 1370 g/mol. The molecule has 0 spiro atoms. The highest BCUT2D eigenvalue weighted by atomic mass is 16.7.